The lowest BCUT2D eigenvalue weighted by molar-refractivity contribution is 0.00148. The summed E-state index contributed by atoms with van der Waals surface area (Å²) in [6.07, 6.45) is 3.28. The number of carbonyl (C=O) groups is 1. The van der Waals surface area contributed by atoms with Crippen molar-refractivity contribution >= 4 is 6.16 Å². The van der Waals surface area contributed by atoms with Gasteiger partial charge in [-0.05, 0) is 51.4 Å². The maximum atomic E-state index is 11.5. The number of carbonyl (C=O) groups excluding carboxylic acids is 1. The molecule has 18 heavy (non-hydrogen) atoms. The third-order valence-electron chi connectivity index (χ3n) is 2.90. The quantitative estimate of drug-likeness (QED) is 0.587. The van der Waals surface area contributed by atoms with Crippen LogP contribution in [-0.2, 0) is 9.47 Å². The summed E-state index contributed by atoms with van der Waals surface area (Å²) in [7, 11) is 0. The second kappa shape index (κ2) is 9.23. The molecule has 0 aromatic heterocycles. The fraction of sp³-hybridized carbons (Fsp3) is 0.933. The van der Waals surface area contributed by atoms with Gasteiger partial charge in [-0.25, -0.2) is 4.79 Å². The van der Waals surface area contributed by atoms with Gasteiger partial charge in [0.05, 0.1) is 0 Å². The molecule has 3 nitrogen and oxygen atoms in total. The van der Waals surface area contributed by atoms with Crippen LogP contribution in [0.1, 0.15) is 67.2 Å². The fourth-order valence-electron chi connectivity index (χ4n) is 1.61. The topological polar surface area (TPSA) is 35.5 Å². The molecule has 0 fully saturated rings. The second-order valence-electron chi connectivity index (χ2n) is 6.05. The van der Waals surface area contributed by atoms with Crippen molar-refractivity contribution < 1.29 is 14.3 Å². The smallest absolute Gasteiger partial charge is 0.431 e. The summed E-state index contributed by atoms with van der Waals surface area (Å²) in [6, 6.07) is 0. The first kappa shape index (κ1) is 17.3. The highest BCUT2D eigenvalue weighted by atomic mass is 16.7. The Balaban J connectivity index is 3.74. The molecule has 3 heteroatoms. The molecule has 0 bridgehead atoms. The van der Waals surface area contributed by atoms with Gasteiger partial charge in [-0.15, -0.1) is 0 Å². The lowest BCUT2D eigenvalue weighted by Gasteiger charge is -2.17. The van der Waals surface area contributed by atoms with Gasteiger partial charge in [0, 0.05) is 0 Å². The van der Waals surface area contributed by atoms with Gasteiger partial charge in [-0.1, -0.05) is 27.7 Å². The molecule has 0 aliphatic carbocycles. The Bertz CT molecular complexity index is 202. The van der Waals surface area contributed by atoms with Gasteiger partial charge in [0.2, 0.25) is 0 Å². The van der Waals surface area contributed by atoms with E-state index in [-0.39, 0.29) is 12.2 Å². The number of hydrogen-bond donors (Lipinski definition) is 0. The van der Waals surface area contributed by atoms with Gasteiger partial charge in [0.15, 0.2) is 0 Å². The van der Waals surface area contributed by atoms with Crippen LogP contribution in [0, 0.1) is 11.8 Å². The van der Waals surface area contributed by atoms with E-state index in [2.05, 4.69) is 27.7 Å². The predicted octanol–water partition coefficient (Wildman–Crippen LogP) is 4.79. The van der Waals surface area contributed by atoms with Crippen molar-refractivity contribution in [3.63, 3.8) is 0 Å². The molecule has 0 aliphatic rings. The Morgan fingerprint density at radius 1 is 0.722 bits per heavy atom. The van der Waals surface area contributed by atoms with Crippen LogP contribution in [-0.4, -0.2) is 18.4 Å². The molecule has 2 unspecified atom stereocenters. The van der Waals surface area contributed by atoms with Crippen molar-refractivity contribution in [2.75, 3.05) is 0 Å². The standard InChI is InChI=1S/C15H30O3/c1-11(2)7-9-13(5)17-15(16)18-14(6)10-8-12(3)4/h11-14H,7-10H2,1-6H3. The van der Waals surface area contributed by atoms with Crippen molar-refractivity contribution in [2.45, 2.75) is 79.4 Å². The van der Waals surface area contributed by atoms with Crippen LogP contribution in [0.5, 0.6) is 0 Å². The fourth-order valence-corrected chi connectivity index (χ4v) is 1.61. The van der Waals surface area contributed by atoms with E-state index < -0.39 is 6.16 Å². The lowest BCUT2D eigenvalue weighted by atomic mass is 10.1. The normalized spacial score (nSPS) is 14.7. The Kier molecular flexibility index (Phi) is 8.86. The van der Waals surface area contributed by atoms with Crippen LogP contribution in [0.4, 0.5) is 4.79 Å². The molecular formula is C15H30O3. The van der Waals surface area contributed by atoms with Crippen molar-refractivity contribution in [3.05, 3.63) is 0 Å². The first-order chi connectivity index (χ1) is 8.31. The van der Waals surface area contributed by atoms with Gasteiger partial charge in [0.1, 0.15) is 12.2 Å². The Labute approximate surface area is 112 Å². The van der Waals surface area contributed by atoms with Crippen LogP contribution in [0.25, 0.3) is 0 Å². The summed E-state index contributed by atoms with van der Waals surface area (Å²) in [5, 5.41) is 0. The second-order valence-corrected chi connectivity index (χ2v) is 6.05. The van der Waals surface area contributed by atoms with Crippen LogP contribution in [0.3, 0.4) is 0 Å². The van der Waals surface area contributed by atoms with Crippen molar-refractivity contribution in [1.29, 1.82) is 0 Å². The van der Waals surface area contributed by atoms with E-state index in [4.69, 9.17) is 9.47 Å². The zero-order valence-electron chi connectivity index (χ0n) is 12.9. The largest absolute Gasteiger partial charge is 0.508 e. The first-order valence-corrected chi connectivity index (χ1v) is 7.18. The summed E-state index contributed by atoms with van der Waals surface area (Å²) in [4.78, 5) is 11.5. The van der Waals surface area contributed by atoms with E-state index in [1.165, 1.54) is 0 Å². The molecule has 0 aromatic rings. The minimum atomic E-state index is -0.525. The molecule has 2 atom stereocenters. The minimum Gasteiger partial charge on any atom is -0.431 e. The molecule has 0 rings (SSSR count). The summed E-state index contributed by atoms with van der Waals surface area (Å²) in [5.74, 6) is 1.27. The van der Waals surface area contributed by atoms with Gasteiger partial charge >= 0.3 is 6.16 Å². The molecule has 0 radical (unpaired) electrons. The van der Waals surface area contributed by atoms with Crippen LogP contribution in [0.15, 0.2) is 0 Å². The van der Waals surface area contributed by atoms with E-state index in [1.807, 2.05) is 13.8 Å². The zero-order chi connectivity index (χ0) is 14.1. The predicted molar refractivity (Wildman–Crippen MR) is 74.6 cm³/mol. The molecule has 0 heterocycles. The Hall–Kier alpha value is -0.730. The monoisotopic (exact) mass is 258 g/mol. The molecule has 0 N–H and O–H groups in total. The lowest BCUT2D eigenvalue weighted by Crippen LogP contribution is -2.21. The molecular weight excluding hydrogens is 228 g/mol. The molecule has 0 aromatic carbocycles. The van der Waals surface area contributed by atoms with E-state index in [1.54, 1.807) is 0 Å². The van der Waals surface area contributed by atoms with Gasteiger partial charge in [0.25, 0.3) is 0 Å². The molecule has 0 saturated heterocycles. The molecule has 0 amide bonds. The van der Waals surface area contributed by atoms with Crippen molar-refractivity contribution in [1.82, 2.24) is 0 Å². The Morgan fingerprint density at radius 3 is 1.33 bits per heavy atom. The number of hydrogen-bond acceptors (Lipinski definition) is 3. The number of ether oxygens (including phenoxy) is 2. The van der Waals surface area contributed by atoms with Crippen molar-refractivity contribution in [2.24, 2.45) is 11.8 Å². The summed E-state index contributed by atoms with van der Waals surface area (Å²) in [6.45, 7) is 12.5. The summed E-state index contributed by atoms with van der Waals surface area (Å²) >= 11 is 0. The SMILES string of the molecule is CC(C)CCC(C)OC(=O)OC(C)CCC(C)C. The van der Waals surface area contributed by atoms with Gasteiger partial charge in [-0.3, -0.25) is 0 Å². The highest BCUT2D eigenvalue weighted by Crippen LogP contribution is 2.12. The van der Waals surface area contributed by atoms with E-state index >= 15 is 0 Å². The number of rotatable bonds is 8. The van der Waals surface area contributed by atoms with E-state index in [0.29, 0.717) is 11.8 Å². The van der Waals surface area contributed by atoms with Crippen LogP contribution < -0.4 is 0 Å². The summed E-state index contributed by atoms with van der Waals surface area (Å²) in [5.41, 5.74) is 0. The molecule has 0 spiro atoms. The average molecular weight is 258 g/mol. The minimum absolute atomic E-state index is 0.0581. The van der Waals surface area contributed by atoms with Crippen LogP contribution in [0.2, 0.25) is 0 Å². The third kappa shape index (κ3) is 10.4. The van der Waals surface area contributed by atoms with Crippen LogP contribution >= 0.6 is 0 Å². The third-order valence-corrected chi connectivity index (χ3v) is 2.90. The zero-order valence-corrected chi connectivity index (χ0v) is 12.9. The highest BCUT2D eigenvalue weighted by Gasteiger charge is 2.14. The van der Waals surface area contributed by atoms with Gasteiger partial charge in [-0.2, -0.15) is 0 Å². The molecule has 108 valence electrons. The first-order valence-electron chi connectivity index (χ1n) is 7.18. The molecule has 0 saturated carbocycles. The highest BCUT2D eigenvalue weighted by molar-refractivity contribution is 5.60. The van der Waals surface area contributed by atoms with Gasteiger partial charge < -0.3 is 9.47 Å². The van der Waals surface area contributed by atoms with Crippen molar-refractivity contribution in [3.8, 4) is 0 Å². The average Bonchev–Trinajstić information content (AvgIpc) is 2.23. The Morgan fingerprint density at radius 2 is 1.06 bits per heavy atom. The van der Waals surface area contributed by atoms with E-state index in [9.17, 15) is 4.79 Å². The molecule has 0 aliphatic heterocycles. The summed E-state index contributed by atoms with van der Waals surface area (Å²) < 4.78 is 10.4. The maximum absolute atomic E-state index is 11.5. The van der Waals surface area contributed by atoms with E-state index in [0.717, 1.165) is 25.7 Å². The maximum Gasteiger partial charge on any atom is 0.508 e.